The number of hydrogen-bond acceptors (Lipinski definition) is 6. The van der Waals surface area contributed by atoms with E-state index in [2.05, 4.69) is 26.8 Å². The average molecular weight is 476 g/mol. The summed E-state index contributed by atoms with van der Waals surface area (Å²) < 4.78 is 45.3. The minimum Gasteiger partial charge on any atom is -0.481 e. The van der Waals surface area contributed by atoms with Gasteiger partial charge in [-0.15, -0.1) is 0 Å². The van der Waals surface area contributed by atoms with Crippen LogP contribution >= 0.6 is 0 Å². The van der Waals surface area contributed by atoms with Crippen molar-refractivity contribution in [2.24, 2.45) is 10.9 Å². The molecule has 0 aliphatic carbocycles. The number of nitrogens with one attached hydrogen (secondary N) is 1. The summed E-state index contributed by atoms with van der Waals surface area (Å²) in [6, 6.07) is 3.69. The van der Waals surface area contributed by atoms with Crippen molar-refractivity contribution >= 4 is 17.6 Å². The van der Waals surface area contributed by atoms with E-state index in [0.29, 0.717) is 18.0 Å². The van der Waals surface area contributed by atoms with Crippen LogP contribution in [0.3, 0.4) is 0 Å². The molecule has 2 fully saturated rings. The average Bonchev–Trinajstić information content (AvgIpc) is 3.19. The normalized spacial score (nSPS) is 25.4. The Morgan fingerprint density at radius 1 is 1.32 bits per heavy atom. The Balaban J connectivity index is 1.38. The van der Waals surface area contributed by atoms with Crippen LogP contribution in [0.25, 0.3) is 0 Å². The highest BCUT2D eigenvalue weighted by Gasteiger charge is 2.43. The molecule has 3 aliphatic heterocycles. The van der Waals surface area contributed by atoms with E-state index in [-0.39, 0.29) is 30.2 Å². The van der Waals surface area contributed by atoms with Crippen LogP contribution in [0.1, 0.15) is 31.2 Å². The van der Waals surface area contributed by atoms with Crippen molar-refractivity contribution in [3.05, 3.63) is 60.0 Å². The van der Waals surface area contributed by atoms with Gasteiger partial charge < -0.3 is 20.1 Å². The maximum absolute atomic E-state index is 13.1. The van der Waals surface area contributed by atoms with Crippen LogP contribution in [0.4, 0.5) is 19.0 Å². The lowest BCUT2D eigenvalue weighted by Gasteiger charge is -2.39. The number of piperidine rings is 1. The summed E-state index contributed by atoms with van der Waals surface area (Å²) in [5.74, 6) is 0.465. The van der Waals surface area contributed by atoms with Crippen molar-refractivity contribution in [2.75, 3.05) is 31.1 Å². The van der Waals surface area contributed by atoms with Gasteiger partial charge in [-0.3, -0.25) is 9.79 Å². The largest absolute Gasteiger partial charge is 0.481 e. The number of hydrogen-bond donors (Lipinski definition) is 2. The molecular formula is C24H27F3N4O3. The monoisotopic (exact) mass is 476 g/mol. The molecule has 2 N–H and O–H groups in total. The van der Waals surface area contributed by atoms with Gasteiger partial charge in [-0.25, -0.2) is 4.98 Å². The fourth-order valence-electron chi connectivity index (χ4n) is 4.65. The third kappa shape index (κ3) is 5.67. The number of amidine groups is 1. The van der Waals surface area contributed by atoms with Crippen LogP contribution in [-0.4, -0.2) is 59.9 Å². The van der Waals surface area contributed by atoms with Gasteiger partial charge in [-0.1, -0.05) is 18.7 Å². The van der Waals surface area contributed by atoms with E-state index in [4.69, 9.17) is 9.84 Å². The number of rotatable bonds is 4. The summed E-state index contributed by atoms with van der Waals surface area (Å²) in [4.78, 5) is 22.0. The summed E-state index contributed by atoms with van der Waals surface area (Å²) in [5.41, 5.74) is -0.311. The highest BCUT2D eigenvalue weighted by molar-refractivity contribution is 6.00. The van der Waals surface area contributed by atoms with E-state index in [1.165, 1.54) is 6.08 Å². The van der Waals surface area contributed by atoms with E-state index in [1.54, 1.807) is 6.20 Å². The number of aliphatic carboxylic acids is 1. The highest BCUT2D eigenvalue weighted by atomic mass is 19.4. The number of anilines is 1. The Hall–Kier alpha value is -3.14. The number of aromatic nitrogens is 1. The molecule has 34 heavy (non-hydrogen) atoms. The molecule has 182 valence electrons. The van der Waals surface area contributed by atoms with Crippen LogP contribution in [0.5, 0.6) is 0 Å². The first-order valence-electron chi connectivity index (χ1n) is 11.2. The second-order valence-corrected chi connectivity index (χ2v) is 8.89. The molecule has 7 nitrogen and oxygen atoms in total. The molecule has 0 bridgehead atoms. The number of halogens is 3. The number of pyridine rings is 1. The second kappa shape index (κ2) is 9.61. The van der Waals surface area contributed by atoms with Crippen LogP contribution in [0.2, 0.25) is 0 Å². The third-order valence-electron chi connectivity index (χ3n) is 6.36. The van der Waals surface area contributed by atoms with Gasteiger partial charge in [0, 0.05) is 30.5 Å². The molecule has 1 aromatic rings. The van der Waals surface area contributed by atoms with Gasteiger partial charge in [0.2, 0.25) is 0 Å². The molecule has 2 saturated heterocycles. The number of allylic oxidation sites excluding steroid dienone is 3. The number of aliphatic imine (C=N–C) groups is 1. The smallest absolute Gasteiger partial charge is 0.416 e. The zero-order chi connectivity index (χ0) is 24.3. The standard InChI is InChI=1S/C24H27F3N4O3/c1-16-11-19(24(25,26)27)3-2-8-28-22(30-16)18-4-5-20(29-14-18)31-9-6-23(7-10-31)13-17(15-34-23)12-21(32)33/h2-5,11,14,17H,1,6-10,12-13,15H2,(H,28,30)(H,32,33)/b3-2-,19-11+. The lowest BCUT2D eigenvalue weighted by atomic mass is 9.84. The maximum Gasteiger partial charge on any atom is 0.416 e. The lowest BCUT2D eigenvalue weighted by Crippen LogP contribution is -2.44. The first kappa shape index (κ1) is 24.0. The van der Waals surface area contributed by atoms with Crippen LogP contribution in [0, 0.1) is 5.92 Å². The Morgan fingerprint density at radius 3 is 2.74 bits per heavy atom. The first-order valence-corrected chi connectivity index (χ1v) is 11.2. The predicted octanol–water partition coefficient (Wildman–Crippen LogP) is 3.84. The summed E-state index contributed by atoms with van der Waals surface area (Å²) in [7, 11) is 0. The summed E-state index contributed by atoms with van der Waals surface area (Å²) >= 11 is 0. The molecule has 4 heterocycles. The quantitative estimate of drug-likeness (QED) is 0.687. The van der Waals surface area contributed by atoms with Gasteiger partial charge >= 0.3 is 12.1 Å². The van der Waals surface area contributed by atoms with Crippen molar-refractivity contribution in [3.63, 3.8) is 0 Å². The van der Waals surface area contributed by atoms with Crippen molar-refractivity contribution in [3.8, 4) is 0 Å². The molecular weight excluding hydrogens is 449 g/mol. The lowest BCUT2D eigenvalue weighted by molar-refractivity contribution is -0.138. The van der Waals surface area contributed by atoms with Crippen LogP contribution in [0.15, 0.2) is 59.4 Å². The number of carboxylic acid groups (broad SMARTS) is 1. The van der Waals surface area contributed by atoms with Gasteiger partial charge in [-0.2, -0.15) is 13.2 Å². The molecule has 3 aliphatic rings. The van der Waals surface area contributed by atoms with Gasteiger partial charge in [0.05, 0.1) is 30.7 Å². The Kier molecular flexibility index (Phi) is 6.79. The summed E-state index contributed by atoms with van der Waals surface area (Å²) in [6.07, 6.45) is 3.01. The van der Waals surface area contributed by atoms with E-state index in [1.807, 2.05) is 12.1 Å². The number of nitrogens with zero attached hydrogens (tertiary/aromatic N) is 3. The Morgan fingerprint density at radius 2 is 2.09 bits per heavy atom. The summed E-state index contributed by atoms with van der Waals surface area (Å²) in [5, 5.41) is 11.9. The molecule has 1 atom stereocenters. The van der Waals surface area contributed by atoms with Gasteiger partial charge in [0.15, 0.2) is 0 Å². The van der Waals surface area contributed by atoms with E-state index < -0.39 is 17.7 Å². The second-order valence-electron chi connectivity index (χ2n) is 8.89. The number of carbonyl (C=O) groups is 1. The molecule has 1 aromatic heterocycles. The van der Waals surface area contributed by atoms with Crippen molar-refractivity contribution in [1.82, 2.24) is 10.3 Å². The SMILES string of the molecule is C=C1/C=C(C(F)(F)F)\C=C/CN=C(c2ccc(N3CCC4(CC3)CC(CC(=O)O)CO4)nc2)N1. The molecule has 0 radical (unpaired) electrons. The van der Waals surface area contributed by atoms with Crippen molar-refractivity contribution < 1.29 is 27.8 Å². The number of alkyl halides is 3. The van der Waals surface area contributed by atoms with E-state index in [9.17, 15) is 18.0 Å². The topological polar surface area (TPSA) is 87.1 Å². The van der Waals surface area contributed by atoms with Crippen LogP contribution < -0.4 is 10.2 Å². The fraction of sp³-hybridized carbons (Fsp3) is 0.458. The molecule has 0 amide bonds. The maximum atomic E-state index is 13.1. The third-order valence-corrected chi connectivity index (χ3v) is 6.36. The van der Waals surface area contributed by atoms with Gasteiger partial charge in [0.1, 0.15) is 11.7 Å². The Bertz CT molecular complexity index is 1020. The molecule has 4 rings (SSSR count). The Labute approximate surface area is 195 Å². The van der Waals surface area contributed by atoms with Crippen LogP contribution in [-0.2, 0) is 9.53 Å². The van der Waals surface area contributed by atoms with E-state index >= 15 is 0 Å². The molecule has 0 aromatic carbocycles. The zero-order valence-corrected chi connectivity index (χ0v) is 18.6. The highest BCUT2D eigenvalue weighted by Crippen LogP contribution is 2.40. The van der Waals surface area contributed by atoms with Gasteiger partial charge in [0.25, 0.3) is 0 Å². The van der Waals surface area contributed by atoms with E-state index in [0.717, 1.165) is 50.3 Å². The summed E-state index contributed by atoms with van der Waals surface area (Å²) in [6.45, 7) is 5.74. The van der Waals surface area contributed by atoms with Crippen molar-refractivity contribution in [2.45, 2.75) is 37.5 Å². The minimum absolute atomic E-state index is 0.0642. The molecule has 1 spiro atoms. The number of carboxylic acids is 1. The van der Waals surface area contributed by atoms with Gasteiger partial charge in [-0.05, 0) is 43.4 Å². The fourth-order valence-corrected chi connectivity index (χ4v) is 4.65. The molecule has 10 heteroatoms. The molecule has 0 saturated carbocycles. The molecule has 1 unspecified atom stereocenters. The minimum atomic E-state index is -4.47. The van der Waals surface area contributed by atoms with Crippen molar-refractivity contribution in [1.29, 1.82) is 0 Å². The number of ether oxygens (including phenoxy) is 1. The first-order chi connectivity index (χ1) is 16.1. The predicted molar refractivity (Wildman–Crippen MR) is 122 cm³/mol. The zero-order valence-electron chi connectivity index (χ0n) is 18.6.